The van der Waals surface area contributed by atoms with E-state index in [9.17, 15) is 19.2 Å². The van der Waals surface area contributed by atoms with Crippen LogP contribution in [0.4, 0.5) is 4.79 Å². The van der Waals surface area contributed by atoms with E-state index in [1.165, 1.54) is 16.8 Å². The Bertz CT molecular complexity index is 1390. The summed E-state index contributed by atoms with van der Waals surface area (Å²) in [5, 5.41) is 14.7. The maximum atomic E-state index is 13.5. The van der Waals surface area contributed by atoms with Gasteiger partial charge in [0.1, 0.15) is 18.2 Å². The molecule has 3 aromatic rings. The number of pyridine rings is 1. The van der Waals surface area contributed by atoms with E-state index in [-0.39, 0.29) is 44.2 Å². The van der Waals surface area contributed by atoms with Crippen LogP contribution in [0.25, 0.3) is 0 Å². The molecule has 4 amide bonds. The van der Waals surface area contributed by atoms with E-state index in [1.54, 1.807) is 52.3 Å². The number of nitrogens with two attached hydrogens (primary N) is 1. The van der Waals surface area contributed by atoms with Crippen LogP contribution in [0.15, 0.2) is 85.7 Å². The number of carbonyl (C=O) groups is 4. The number of nitrogens with zero attached hydrogens (tertiary/aromatic N) is 5. The molecule has 2 aromatic carbocycles. The fourth-order valence-corrected chi connectivity index (χ4v) is 4.54. The number of carbonyl (C=O) groups excluding carboxylic acids is 4. The molecule has 2 heterocycles. The molecule has 44 heavy (non-hydrogen) atoms. The largest absolute Gasteiger partial charge is 0.508 e. The zero-order valence-corrected chi connectivity index (χ0v) is 25.0. The number of hydrogen-bond donors (Lipinski definition) is 3. The number of aryl methyl sites for hydroxylation is 1. The summed E-state index contributed by atoms with van der Waals surface area (Å²) in [7, 11) is 1.75. The Hall–Kier alpha value is -5.07. The molecule has 0 aliphatic carbocycles. The Morgan fingerprint density at radius 3 is 2.43 bits per heavy atom. The van der Waals surface area contributed by atoms with Gasteiger partial charge < -0.3 is 25.9 Å². The van der Waals surface area contributed by atoms with Crippen LogP contribution in [0.1, 0.15) is 27.0 Å². The van der Waals surface area contributed by atoms with E-state index in [0.29, 0.717) is 24.1 Å². The Kier molecular flexibility index (Phi) is 12.6. The third kappa shape index (κ3) is 9.75. The first-order valence-corrected chi connectivity index (χ1v) is 14.0. The first-order valence-electron chi connectivity index (χ1n) is 14.0. The molecule has 12 heteroatoms. The van der Waals surface area contributed by atoms with E-state index in [2.05, 4.69) is 16.9 Å². The molecule has 4 rings (SSSR count). The standard InChI is InChI=1S/C25H31N7O4.C7H8O/c1-3-9-31(10-11-33)32(25(36)28-14-19-7-5-4-6-8-19)22-17-30(23(34)18-29(22)2)16-20-12-21(24(26)35)15-27-13-20;1-6-2-4-7(8)5-3-6/h3-8,11-13,15,22H,1,9-10,14,16-18H2,2H3,(H2,26,35)(H,28,36);2-5,8H,1H3. The molecule has 0 bridgehead atoms. The highest BCUT2D eigenvalue weighted by molar-refractivity contribution is 5.92. The monoisotopic (exact) mass is 601 g/mol. The topological polar surface area (TPSA) is 152 Å². The van der Waals surface area contributed by atoms with Gasteiger partial charge in [-0.3, -0.25) is 19.5 Å². The lowest BCUT2D eigenvalue weighted by Crippen LogP contribution is -2.67. The molecule has 12 nitrogen and oxygen atoms in total. The second-order valence-corrected chi connectivity index (χ2v) is 10.3. The van der Waals surface area contributed by atoms with Gasteiger partial charge in [-0.1, -0.05) is 54.1 Å². The molecular weight excluding hydrogens is 562 g/mol. The lowest BCUT2D eigenvalue weighted by Gasteiger charge is -2.47. The Balaban J connectivity index is 0.000000572. The van der Waals surface area contributed by atoms with Crippen molar-refractivity contribution >= 4 is 24.1 Å². The van der Waals surface area contributed by atoms with Gasteiger partial charge in [-0.05, 0) is 43.3 Å². The van der Waals surface area contributed by atoms with Crippen molar-refractivity contribution in [3.05, 3.63) is 108 Å². The third-order valence-electron chi connectivity index (χ3n) is 6.82. The number of primary amides is 1. The van der Waals surface area contributed by atoms with Crippen LogP contribution in [0.5, 0.6) is 5.75 Å². The number of aldehydes is 1. The summed E-state index contributed by atoms with van der Waals surface area (Å²) in [6.07, 6.45) is 4.69. The van der Waals surface area contributed by atoms with Gasteiger partial charge in [0.25, 0.3) is 0 Å². The lowest BCUT2D eigenvalue weighted by atomic mass is 10.1. The van der Waals surface area contributed by atoms with E-state index in [4.69, 9.17) is 10.8 Å². The number of amides is 4. The van der Waals surface area contributed by atoms with Crippen LogP contribution >= 0.6 is 0 Å². The summed E-state index contributed by atoms with van der Waals surface area (Å²) in [6.45, 7) is 6.66. The Labute approximate surface area is 257 Å². The Morgan fingerprint density at radius 2 is 1.82 bits per heavy atom. The van der Waals surface area contributed by atoms with Crippen LogP contribution in [-0.2, 0) is 22.7 Å². The molecule has 0 spiro atoms. The van der Waals surface area contributed by atoms with Crippen molar-refractivity contribution in [1.29, 1.82) is 0 Å². The first-order chi connectivity index (χ1) is 21.1. The van der Waals surface area contributed by atoms with Crippen molar-refractivity contribution in [3.8, 4) is 5.75 Å². The van der Waals surface area contributed by atoms with Gasteiger partial charge in [-0.15, -0.1) is 6.58 Å². The van der Waals surface area contributed by atoms with Gasteiger partial charge >= 0.3 is 6.03 Å². The van der Waals surface area contributed by atoms with Crippen molar-refractivity contribution in [2.75, 3.05) is 33.2 Å². The molecule has 0 radical (unpaired) electrons. The quantitative estimate of drug-likeness (QED) is 0.172. The van der Waals surface area contributed by atoms with E-state index < -0.39 is 18.1 Å². The fourth-order valence-electron chi connectivity index (χ4n) is 4.54. The number of hydrogen-bond acceptors (Lipinski definition) is 8. The maximum absolute atomic E-state index is 13.5. The van der Waals surface area contributed by atoms with Crippen molar-refractivity contribution in [2.24, 2.45) is 5.73 Å². The summed E-state index contributed by atoms with van der Waals surface area (Å²) in [4.78, 5) is 56.7. The second-order valence-electron chi connectivity index (χ2n) is 10.3. The molecule has 232 valence electrons. The highest BCUT2D eigenvalue weighted by Gasteiger charge is 2.38. The minimum atomic E-state index is -0.609. The van der Waals surface area contributed by atoms with Gasteiger partial charge in [-0.25, -0.2) is 14.8 Å². The number of likely N-dealkylation sites (N-methyl/N-ethyl adjacent to an activating group) is 1. The number of piperazine rings is 1. The van der Waals surface area contributed by atoms with E-state index in [1.807, 2.05) is 49.4 Å². The number of benzene rings is 2. The van der Waals surface area contributed by atoms with Gasteiger partial charge in [0.2, 0.25) is 11.8 Å². The first kappa shape index (κ1) is 33.4. The van der Waals surface area contributed by atoms with Gasteiger partial charge in [0, 0.05) is 32.0 Å². The van der Waals surface area contributed by atoms with Crippen molar-refractivity contribution in [3.63, 3.8) is 0 Å². The van der Waals surface area contributed by atoms with Crippen LogP contribution < -0.4 is 11.1 Å². The molecule has 1 atom stereocenters. The summed E-state index contributed by atoms with van der Waals surface area (Å²) >= 11 is 0. The number of urea groups is 1. The summed E-state index contributed by atoms with van der Waals surface area (Å²) < 4.78 is 0. The lowest BCUT2D eigenvalue weighted by molar-refractivity contribution is -0.150. The average molecular weight is 602 g/mol. The summed E-state index contributed by atoms with van der Waals surface area (Å²) in [5.41, 5.74) is 8.33. The zero-order chi connectivity index (χ0) is 32.1. The van der Waals surface area contributed by atoms with Crippen molar-refractivity contribution in [2.45, 2.75) is 26.2 Å². The molecular formula is C32H39N7O5. The number of phenols is 1. The smallest absolute Gasteiger partial charge is 0.333 e. The van der Waals surface area contributed by atoms with Gasteiger partial charge in [0.15, 0.2) is 0 Å². The van der Waals surface area contributed by atoms with Crippen LogP contribution in [0, 0.1) is 6.92 Å². The van der Waals surface area contributed by atoms with Crippen LogP contribution in [-0.4, -0.2) is 93.4 Å². The SMILES string of the molecule is C=CCN(CC=O)N(C(=O)NCc1ccccc1)C1CN(Cc2cncc(C(N)=O)c2)C(=O)CN1C.Cc1ccc(O)cc1. The number of nitrogens with one attached hydrogen (secondary N) is 1. The summed E-state index contributed by atoms with van der Waals surface area (Å²) in [6, 6.07) is 17.7. The molecule has 1 aliphatic heterocycles. The fraction of sp³-hybridized carbons (Fsp3) is 0.281. The highest BCUT2D eigenvalue weighted by atomic mass is 16.3. The number of aromatic nitrogens is 1. The second kappa shape index (κ2) is 16.5. The van der Waals surface area contributed by atoms with Crippen molar-refractivity contribution < 1.29 is 24.3 Å². The number of rotatable bonds is 11. The minimum absolute atomic E-state index is 0.0341. The van der Waals surface area contributed by atoms with E-state index in [0.717, 1.165) is 5.56 Å². The predicted molar refractivity (Wildman–Crippen MR) is 166 cm³/mol. The molecule has 1 fully saturated rings. The molecule has 0 saturated carbocycles. The van der Waals surface area contributed by atoms with Crippen LogP contribution in [0.2, 0.25) is 0 Å². The molecule has 1 aromatic heterocycles. The molecule has 1 saturated heterocycles. The van der Waals surface area contributed by atoms with Crippen LogP contribution in [0.3, 0.4) is 0 Å². The summed E-state index contributed by atoms with van der Waals surface area (Å²) in [5.74, 6) is -0.425. The minimum Gasteiger partial charge on any atom is -0.508 e. The number of phenolic OH excluding ortho intramolecular Hbond substituents is 1. The molecule has 1 unspecified atom stereocenters. The highest BCUT2D eigenvalue weighted by Crippen LogP contribution is 2.19. The van der Waals surface area contributed by atoms with Gasteiger partial charge in [0.05, 0.1) is 25.2 Å². The number of aromatic hydroxyl groups is 1. The molecule has 4 N–H and O–H groups in total. The maximum Gasteiger partial charge on any atom is 0.333 e. The number of hydrazine groups is 1. The van der Waals surface area contributed by atoms with E-state index >= 15 is 0 Å². The predicted octanol–water partition coefficient (Wildman–Crippen LogP) is 2.29. The zero-order valence-electron chi connectivity index (χ0n) is 25.0. The third-order valence-corrected chi connectivity index (χ3v) is 6.82. The van der Waals surface area contributed by atoms with Gasteiger partial charge in [-0.2, -0.15) is 0 Å². The normalized spacial score (nSPS) is 14.8. The molecule has 1 aliphatic rings. The average Bonchev–Trinajstić information content (AvgIpc) is 3.01. The van der Waals surface area contributed by atoms with Crippen molar-refractivity contribution in [1.82, 2.24) is 30.1 Å². The Morgan fingerprint density at radius 1 is 1.11 bits per heavy atom.